The molecule has 0 bridgehead atoms. The van der Waals surface area contributed by atoms with Gasteiger partial charge in [-0.25, -0.2) is 0 Å². The minimum Gasteiger partial charge on any atom is -0.123 e. The van der Waals surface area contributed by atoms with Gasteiger partial charge in [-0.15, -0.1) is 11.6 Å². The zero-order valence-electron chi connectivity index (χ0n) is 8.15. The fourth-order valence-electron chi connectivity index (χ4n) is 3.06. The van der Waals surface area contributed by atoms with Crippen molar-refractivity contribution >= 4 is 11.6 Å². The Morgan fingerprint density at radius 2 is 2.08 bits per heavy atom. The van der Waals surface area contributed by atoms with E-state index in [1.807, 2.05) is 0 Å². The molecular formula is C11H19Cl. The van der Waals surface area contributed by atoms with Crippen molar-refractivity contribution in [2.24, 2.45) is 17.3 Å². The van der Waals surface area contributed by atoms with Crippen molar-refractivity contribution < 1.29 is 0 Å². The first-order chi connectivity index (χ1) is 5.64. The van der Waals surface area contributed by atoms with Crippen molar-refractivity contribution in [1.82, 2.24) is 0 Å². The van der Waals surface area contributed by atoms with Crippen LogP contribution in [0, 0.1) is 17.3 Å². The summed E-state index contributed by atoms with van der Waals surface area (Å²) >= 11 is 6.04. The van der Waals surface area contributed by atoms with Crippen LogP contribution in [-0.4, -0.2) is 5.38 Å². The van der Waals surface area contributed by atoms with E-state index in [2.05, 4.69) is 13.8 Å². The van der Waals surface area contributed by atoms with Gasteiger partial charge < -0.3 is 0 Å². The smallest absolute Gasteiger partial charge is 0.0310 e. The number of hydrogen-bond acceptors (Lipinski definition) is 0. The van der Waals surface area contributed by atoms with Crippen LogP contribution in [0.15, 0.2) is 0 Å². The van der Waals surface area contributed by atoms with Crippen LogP contribution in [0.25, 0.3) is 0 Å². The lowest BCUT2D eigenvalue weighted by atomic mass is 9.86. The summed E-state index contributed by atoms with van der Waals surface area (Å²) < 4.78 is 0. The summed E-state index contributed by atoms with van der Waals surface area (Å²) in [5.74, 6) is 1.89. The largest absolute Gasteiger partial charge is 0.123 e. The number of hydrogen-bond donors (Lipinski definition) is 0. The van der Waals surface area contributed by atoms with E-state index >= 15 is 0 Å². The molecule has 0 aromatic carbocycles. The second-order valence-electron chi connectivity index (χ2n) is 4.97. The van der Waals surface area contributed by atoms with Gasteiger partial charge in [0.2, 0.25) is 0 Å². The third-order valence-electron chi connectivity index (χ3n) is 4.21. The molecule has 0 amide bonds. The molecule has 3 atom stereocenters. The zero-order valence-corrected chi connectivity index (χ0v) is 8.90. The van der Waals surface area contributed by atoms with E-state index in [0.29, 0.717) is 5.38 Å². The first-order valence-electron chi connectivity index (χ1n) is 5.28. The Kier molecular flexibility index (Phi) is 2.15. The normalized spacial score (nSPS) is 40.2. The van der Waals surface area contributed by atoms with Crippen molar-refractivity contribution in [2.45, 2.75) is 51.3 Å². The van der Waals surface area contributed by atoms with E-state index in [1.165, 1.54) is 32.1 Å². The van der Waals surface area contributed by atoms with Gasteiger partial charge in [-0.1, -0.05) is 6.92 Å². The van der Waals surface area contributed by atoms with E-state index in [-0.39, 0.29) is 0 Å². The average molecular weight is 187 g/mol. The van der Waals surface area contributed by atoms with Crippen molar-refractivity contribution in [3.8, 4) is 0 Å². The molecule has 0 N–H and O–H groups in total. The van der Waals surface area contributed by atoms with E-state index < -0.39 is 0 Å². The second-order valence-corrected chi connectivity index (χ2v) is 5.71. The van der Waals surface area contributed by atoms with Gasteiger partial charge in [-0.05, 0) is 56.3 Å². The molecule has 2 rings (SSSR count). The molecule has 2 aliphatic carbocycles. The van der Waals surface area contributed by atoms with Crippen LogP contribution in [0.4, 0.5) is 0 Å². The van der Waals surface area contributed by atoms with Crippen molar-refractivity contribution in [2.75, 3.05) is 0 Å². The van der Waals surface area contributed by atoms with Gasteiger partial charge in [-0.3, -0.25) is 0 Å². The van der Waals surface area contributed by atoms with Crippen LogP contribution < -0.4 is 0 Å². The zero-order chi connectivity index (χ0) is 8.77. The standard InChI is InChI=1S/C11H19Cl/c1-8(12)7-10-3-4-11(5-6-11)9(10)2/h8-10H,3-7H2,1-2H3/t8-,9?,10?/m0/s1. The molecule has 0 heterocycles. The molecule has 12 heavy (non-hydrogen) atoms. The third-order valence-corrected chi connectivity index (χ3v) is 4.38. The minimum absolute atomic E-state index is 0.381. The summed E-state index contributed by atoms with van der Waals surface area (Å²) in [6, 6.07) is 0. The van der Waals surface area contributed by atoms with Gasteiger partial charge in [0.05, 0.1) is 0 Å². The molecule has 1 heteroatoms. The van der Waals surface area contributed by atoms with Gasteiger partial charge in [0, 0.05) is 5.38 Å². The minimum atomic E-state index is 0.381. The maximum absolute atomic E-state index is 6.04. The molecule has 2 aliphatic rings. The quantitative estimate of drug-likeness (QED) is 0.575. The summed E-state index contributed by atoms with van der Waals surface area (Å²) in [5, 5.41) is 0.381. The number of halogens is 1. The van der Waals surface area contributed by atoms with Crippen LogP contribution in [-0.2, 0) is 0 Å². The predicted octanol–water partition coefficient (Wildman–Crippen LogP) is 3.83. The Hall–Kier alpha value is 0.290. The van der Waals surface area contributed by atoms with E-state index in [9.17, 15) is 0 Å². The van der Waals surface area contributed by atoms with Gasteiger partial charge in [0.1, 0.15) is 0 Å². The Bertz CT molecular complexity index is 170. The summed E-state index contributed by atoms with van der Waals surface area (Å²) in [5.41, 5.74) is 0.802. The highest BCUT2D eigenvalue weighted by atomic mass is 35.5. The Morgan fingerprint density at radius 3 is 2.50 bits per heavy atom. The molecule has 0 aliphatic heterocycles. The lowest BCUT2D eigenvalue weighted by Gasteiger charge is -2.20. The van der Waals surface area contributed by atoms with Crippen LogP contribution in [0.1, 0.15) is 46.0 Å². The summed E-state index contributed by atoms with van der Waals surface area (Å²) in [6.45, 7) is 4.58. The van der Waals surface area contributed by atoms with Gasteiger partial charge in [0.25, 0.3) is 0 Å². The van der Waals surface area contributed by atoms with Crippen LogP contribution >= 0.6 is 11.6 Å². The summed E-state index contributed by atoms with van der Waals surface area (Å²) in [7, 11) is 0. The van der Waals surface area contributed by atoms with E-state index in [0.717, 1.165) is 17.3 Å². The van der Waals surface area contributed by atoms with Crippen LogP contribution in [0.3, 0.4) is 0 Å². The van der Waals surface area contributed by atoms with Crippen LogP contribution in [0.2, 0.25) is 0 Å². The van der Waals surface area contributed by atoms with E-state index in [1.54, 1.807) is 0 Å². The molecule has 1 spiro atoms. The monoisotopic (exact) mass is 186 g/mol. The fourth-order valence-corrected chi connectivity index (χ4v) is 3.28. The fraction of sp³-hybridized carbons (Fsp3) is 1.00. The maximum Gasteiger partial charge on any atom is 0.0310 e. The highest BCUT2D eigenvalue weighted by molar-refractivity contribution is 6.20. The molecule has 0 aromatic rings. The van der Waals surface area contributed by atoms with Gasteiger partial charge in [-0.2, -0.15) is 0 Å². The Balaban J connectivity index is 1.93. The molecular weight excluding hydrogens is 168 g/mol. The van der Waals surface area contributed by atoms with Gasteiger partial charge >= 0.3 is 0 Å². The lowest BCUT2D eigenvalue weighted by Crippen LogP contribution is -2.14. The molecule has 2 saturated carbocycles. The summed E-state index contributed by atoms with van der Waals surface area (Å²) in [4.78, 5) is 0. The third kappa shape index (κ3) is 1.39. The van der Waals surface area contributed by atoms with E-state index in [4.69, 9.17) is 11.6 Å². The molecule has 0 radical (unpaired) electrons. The van der Waals surface area contributed by atoms with Crippen molar-refractivity contribution in [3.05, 3.63) is 0 Å². The van der Waals surface area contributed by atoms with Crippen molar-refractivity contribution in [1.29, 1.82) is 0 Å². The first-order valence-corrected chi connectivity index (χ1v) is 5.72. The molecule has 0 nitrogen and oxygen atoms in total. The Morgan fingerprint density at radius 1 is 1.42 bits per heavy atom. The van der Waals surface area contributed by atoms with Crippen molar-refractivity contribution in [3.63, 3.8) is 0 Å². The number of alkyl halides is 1. The Labute approximate surface area is 80.7 Å². The molecule has 70 valence electrons. The lowest BCUT2D eigenvalue weighted by molar-refractivity contribution is 0.307. The average Bonchev–Trinajstić information content (AvgIpc) is 2.71. The predicted molar refractivity (Wildman–Crippen MR) is 53.5 cm³/mol. The molecule has 0 aromatic heterocycles. The topological polar surface area (TPSA) is 0 Å². The SMILES string of the molecule is CC1C(C[C@H](C)Cl)CCC12CC2. The first kappa shape index (κ1) is 8.87. The molecule has 2 fully saturated rings. The summed E-state index contributed by atoms with van der Waals surface area (Å²) in [6.07, 6.45) is 7.17. The highest BCUT2D eigenvalue weighted by Gasteiger charge is 2.53. The highest BCUT2D eigenvalue weighted by Crippen LogP contribution is 2.63. The van der Waals surface area contributed by atoms with Gasteiger partial charge in [0.15, 0.2) is 0 Å². The molecule has 2 unspecified atom stereocenters. The second kappa shape index (κ2) is 2.90. The number of rotatable bonds is 2. The van der Waals surface area contributed by atoms with Crippen LogP contribution in [0.5, 0.6) is 0 Å². The molecule has 0 saturated heterocycles. The maximum atomic E-state index is 6.04.